The molecule has 0 aromatic heterocycles. The predicted octanol–water partition coefficient (Wildman–Crippen LogP) is 5.07. The molecule has 2 unspecified atom stereocenters. The van der Waals surface area contributed by atoms with E-state index in [0.717, 1.165) is 36.0 Å². The summed E-state index contributed by atoms with van der Waals surface area (Å²) in [5.74, 6) is 0.0924. The van der Waals surface area contributed by atoms with Crippen LogP contribution >= 0.6 is 0 Å². The van der Waals surface area contributed by atoms with Gasteiger partial charge < -0.3 is 5.11 Å². The van der Waals surface area contributed by atoms with E-state index in [2.05, 4.69) is 0 Å². The van der Waals surface area contributed by atoms with Crippen LogP contribution in [0.3, 0.4) is 0 Å². The van der Waals surface area contributed by atoms with Crippen LogP contribution in [0.25, 0.3) is 16.7 Å². The van der Waals surface area contributed by atoms with Crippen LogP contribution in [-0.2, 0) is 4.79 Å². The quantitative estimate of drug-likeness (QED) is 0.838. The molecule has 4 rings (SSSR count). The number of carbonyl (C=O) groups is 1. The van der Waals surface area contributed by atoms with Crippen LogP contribution in [0.5, 0.6) is 0 Å². The van der Waals surface area contributed by atoms with Gasteiger partial charge in [0.05, 0.1) is 5.57 Å². The Kier molecular flexibility index (Phi) is 3.52. The lowest BCUT2D eigenvalue weighted by atomic mass is 9.81. The number of hydrogen-bond donors (Lipinski definition) is 1. The van der Waals surface area contributed by atoms with E-state index < -0.39 is 0 Å². The Morgan fingerprint density at radius 3 is 2.58 bits per heavy atom. The summed E-state index contributed by atoms with van der Waals surface area (Å²) in [6, 6.07) is 12.2. The maximum absolute atomic E-state index is 14.1. The zero-order chi connectivity index (χ0) is 16.8. The van der Waals surface area contributed by atoms with E-state index in [1.165, 1.54) is 6.07 Å². The molecule has 2 aliphatic carbocycles. The van der Waals surface area contributed by atoms with Gasteiger partial charge in [-0.1, -0.05) is 30.3 Å². The molecule has 0 heterocycles. The molecule has 0 spiro atoms. The third-order valence-electron chi connectivity index (χ3n) is 5.38. The highest BCUT2D eigenvalue weighted by atomic mass is 19.1. The molecule has 0 aliphatic heterocycles. The molecule has 1 N–H and O–H groups in total. The lowest BCUT2D eigenvalue weighted by Gasteiger charge is -2.23. The molecule has 24 heavy (non-hydrogen) atoms. The number of allylic oxidation sites excluding steroid dienone is 2. The molecule has 0 radical (unpaired) electrons. The fourth-order valence-electron chi connectivity index (χ4n) is 4.03. The molecule has 2 aromatic carbocycles. The predicted molar refractivity (Wildman–Crippen MR) is 92.0 cm³/mol. The second-order valence-corrected chi connectivity index (χ2v) is 6.84. The van der Waals surface area contributed by atoms with Crippen molar-refractivity contribution in [2.24, 2.45) is 11.8 Å². The van der Waals surface area contributed by atoms with Crippen LogP contribution in [0.4, 0.5) is 4.39 Å². The van der Waals surface area contributed by atoms with Gasteiger partial charge in [0.2, 0.25) is 0 Å². The number of hydrogen-bond acceptors (Lipinski definition) is 2. The Bertz CT molecular complexity index is 866. The molecule has 1 fully saturated rings. The van der Waals surface area contributed by atoms with Crippen molar-refractivity contribution in [2.45, 2.75) is 26.2 Å². The molecule has 2 aromatic rings. The Balaban J connectivity index is 1.87. The standard InChI is InChI=1S/C21H19FO2/c1-12-6-7-13(16-4-2-3-5-18(16)22)11-17(12)19-20(23)14-8-9-15(10-14)21(19)24/h2-7,11,14-15,23H,8-10H2,1H3. The summed E-state index contributed by atoms with van der Waals surface area (Å²) >= 11 is 0. The smallest absolute Gasteiger partial charge is 0.169 e. The topological polar surface area (TPSA) is 37.3 Å². The number of aliphatic hydroxyl groups excluding tert-OH is 1. The van der Waals surface area contributed by atoms with E-state index in [0.29, 0.717) is 11.1 Å². The molecule has 122 valence electrons. The largest absolute Gasteiger partial charge is 0.511 e. The maximum atomic E-state index is 14.1. The Hall–Kier alpha value is -2.42. The summed E-state index contributed by atoms with van der Waals surface area (Å²) in [6.07, 6.45) is 2.49. The third-order valence-corrected chi connectivity index (χ3v) is 5.38. The van der Waals surface area contributed by atoms with Gasteiger partial charge in [-0.3, -0.25) is 4.79 Å². The van der Waals surface area contributed by atoms with E-state index in [1.54, 1.807) is 18.2 Å². The average molecular weight is 322 g/mol. The van der Waals surface area contributed by atoms with Gasteiger partial charge in [0.1, 0.15) is 11.6 Å². The zero-order valence-corrected chi connectivity index (χ0v) is 13.6. The van der Waals surface area contributed by atoms with Crippen molar-refractivity contribution in [2.75, 3.05) is 0 Å². The van der Waals surface area contributed by atoms with Crippen LogP contribution in [0.2, 0.25) is 0 Å². The number of aliphatic hydroxyl groups is 1. The minimum atomic E-state index is -0.291. The monoisotopic (exact) mass is 322 g/mol. The average Bonchev–Trinajstić information content (AvgIpc) is 3.03. The van der Waals surface area contributed by atoms with Gasteiger partial charge in [-0.2, -0.15) is 0 Å². The highest BCUT2D eigenvalue weighted by molar-refractivity contribution is 6.23. The van der Waals surface area contributed by atoms with E-state index >= 15 is 0 Å². The van der Waals surface area contributed by atoms with Crippen molar-refractivity contribution in [3.05, 3.63) is 65.2 Å². The molecule has 0 amide bonds. The first kappa shape index (κ1) is 15.1. The number of fused-ring (bicyclic) bond motifs is 2. The van der Waals surface area contributed by atoms with Crippen LogP contribution in [0.1, 0.15) is 30.4 Å². The number of carbonyl (C=O) groups excluding carboxylic acids is 1. The molecule has 0 saturated heterocycles. The Labute approximate surface area is 140 Å². The highest BCUT2D eigenvalue weighted by Gasteiger charge is 2.41. The van der Waals surface area contributed by atoms with E-state index in [4.69, 9.17) is 0 Å². The van der Waals surface area contributed by atoms with Crippen LogP contribution in [-0.4, -0.2) is 10.9 Å². The third kappa shape index (κ3) is 2.27. The maximum Gasteiger partial charge on any atom is 0.169 e. The highest BCUT2D eigenvalue weighted by Crippen LogP contribution is 2.46. The van der Waals surface area contributed by atoms with Crippen molar-refractivity contribution in [1.82, 2.24) is 0 Å². The van der Waals surface area contributed by atoms with E-state index in [1.807, 2.05) is 25.1 Å². The summed E-state index contributed by atoms with van der Waals surface area (Å²) in [4.78, 5) is 12.8. The number of Topliss-reactive ketones (excluding diaryl/α,β-unsaturated/α-hetero) is 1. The van der Waals surface area contributed by atoms with Gasteiger partial charge in [0.25, 0.3) is 0 Å². The number of benzene rings is 2. The fourth-order valence-corrected chi connectivity index (χ4v) is 4.03. The zero-order valence-electron chi connectivity index (χ0n) is 13.6. The lowest BCUT2D eigenvalue weighted by molar-refractivity contribution is -0.117. The lowest BCUT2D eigenvalue weighted by Crippen LogP contribution is -2.21. The second-order valence-electron chi connectivity index (χ2n) is 6.84. The molecular formula is C21H19FO2. The molecule has 2 bridgehead atoms. The SMILES string of the molecule is Cc1ccc(-c2ccccc2F)cc1C1=C(O)C2CCC(C2)C1=O. The van der Waals surface area contributed by atoms with E-state index in [-0.39, 0.29) is 29.2 Å². The number of rotatable bonds is 2. The Morgan fingerprint density at radius 1 is 1.04 bits per heavy atom. The van der Waals surface area contributed by atoms with Crippen molar-refractivity contribution in [3.63, 3.8) is 0 Å². The number of aryl methyl sites for hydroxylation is 1. The van der Waals surface area contributed by atoms with Gasteiger partial charge in [0, 0.05) is 17.4 Å². The van der Waals surface area contributed by atoms with Gasteiger partial charge in [0.15, 0.2) is 5.78 Å². The van der Waals surface area contributed by atoms with Gasteiger partial charge in [-0.25, -0.2) is 4.39 Å². The van der Waals surface area contributed by atoms with Crippen LogP contribution in [0, 0.1) is 24.6 Å². The number of halogens is 1. The molecule has 2 atom stereocenters. The van der Waals surface area contributed by atoms with E-state index in [9.17, 15) is 14.3 Å². The summed E-state index contributed by atoms with van der Waals surface area (Å²) in [5.41, 5.74) is 3.33. The summed E-state index contributed by atoms with van der Waals surface area (Å²) in [7, 11) is 0. The fraction of sp³-hybridized carbons (Fsp3) is 0.286. The minimum absolute atomic E-state index is 0.0254. The van der Waals surface area contributed by atoms with Crippen molar-refractivity contribution < 1.29 is 14.3 Å². The summed E-state index contributed by atoms with van der Waals surface area (Å²) in [6.45, 7) is 1.92. The molecular weight excluding hydrogens is 303 g/mol. The minimum Gasteiger partial charge on any atom is -0.511 e. The summed E-state index contributed by atoms with van der Waals surface area (Å²) < 4.78 is 14.1. The van der Waals surface area contributed by atoms with Crippen molar-refractivity contribution in [3.8, 4) is 11.1 Å². The molecule has 2 aliphatic rings. The first-order chi connectivity index (χ1) is 11.6. The van der Waals surface area contributed by atoms with Crippen LogP contribution in [0.15, 0.2) is 48.2 Å². The normalized spacial score (nSPS) is 23.0. The Morgan fingerprint density at radius 2 is 1.79 bits per heavy atom. The van der Waals surface area contributed by atoms with Crippen molar-refractivity contribution in [1.29, 1.82) is 0 Å². The molecule has 1 saturated carbocycles. The summed E-state index contributed by atoms with van der Waals surface area (Å²) in [5, 5.41) is 10.6. The molecule has 2 nitrogen and oxygen atoms in total. The second kappa shape index (κ2) is 5.59. The first-order valence-electron chi connectivity index (χ1n) is 8.39. The van der Waals surface area contributed by atoms with Crippen molar-refractivity contribution >= 4 is 11.4 Å². The van der Waals surface area contributed by atoms with Crippen LogP contribution < -0.4 is 0 Å². The van der Waals surface area contributed by atoms with Gasteiger partial charge in [-0.05, 0) is 55.0 Å². The first-order valence-corrected chi connectivity index (χ1v) is 8.39. The van der Waals surface area contributed by atoms with Gasteiger partial charge >= 0.3 is 0 Å². The molecule has 3 heteroatoms. The number of ketones is 1. The van der Waals surface area contributed by atoms with Gasteiger partial charge in [-0.15, -0.1) is 0 Å².